The molecule has 2 aliphatic carbocycles. The molecule has 0 bridgehead atoms. The summed E-state index contributed by atoms with van der Waals surface area (Å²) in [4.78, 5) is 0. The molecule has 0 unspecified atom stereocenters. The van der Waals surface area contributed by atoms with Gasteiger partial charge in [-0.25, -0.2) is 8.78 Å². The van der Waals surface area contributed by atoms with Crippen molar-refractivity contribution in [2.24, 2.45) is 23.7 Å². The number of rotatable bonds is 5. The van der Waals surface area contributed by atoms with Crippen LogP contribution in [0.5, 0.6) is 5.75 Å². The van der Waals surface area contributed by atoms with Crippen LogP contribution >= 0.6 is 0 Å². The monoisotopic (exact) mass is 354 g/mol. The number of benzene rings is 1. The minimum atomic E-state index is -1.45. The number of hydrogen-bond acceptors (Lipinski definition) is 1. The second kappa shape index (κ2) is 8.46. The first-order valence-electron chi connectivity index (χ1n) is 9.84. The summed E-state index contributed by atoms with van der Waals surface area (Å²) in [5.74, 6) is -1.00. The molecule has 1 aromatic rings. The zero-order valence-corrected chi connectivity index (χ0v) is 15.1. The Morgan fingerprint density at radius 1 is 0.800 bits per heavy atom. The van der Waals surface area contributed by atoms with Gasteiger partial charge in [0.15, 0.2) is 17.4 Å². The summed E-state index contributed by atoms with van der Waals surface area (Å²) in [6.45, 7) is 2.68. The molecule has 0 spiro atoms. The molecular formula is C21H29F3O. The highest BCUT2D eigenvalue weighted by atomic mass is 19.2. The summed E-state index contributed by atoms with van der Waals surface area (Å²) in [6.07, 6.45) is 11.5. The Balaban J connectivity index is 1.43. The third kappa shape index (κ3) is 4.51. The minimum absolute atomic E-state index is 0.182. The lowest BCUT2D eigenvalue weighted by atomic mass is 9.69. The Bertz CT molecular complexity index is 559. The summed E-state index contributed by atoms with van der Waals surface area (Å²) >= 11 is 0. The van der Waals surface area contributed by atoms with E-state index in [9.17, 15) is 13.2 Å². The second-order valence-electron chi connectivity index (χ2n) is 7.95. The molecule has 0 aromatic heterocycles. The lowest BCUT2D eigenvalue weighted by Crippen LogP contribution is -2.27. The van der Waals surface area contributed by atoms with E-state index in [4.69, 9.17) is 4.74 Å². The van der Waals surface area contributed by atoms with Crippen LogP contribution in [0.4, 0.5) is 13.2 Å². The van der Waals surface area contributed by atoms with Gasteiger partial charge in [-0.1, -0.05) is 26.2 Å². The molecule has 0 radical (unpaired) electrons. The van der Waals surface area contributed by atoms with Gasteiger partial charge >= 0.3 is 0 Å². The van der Waals surface area contributed by atoms with Crippen LogP contribution in [-0.4, -0.2) is 6.61 Å². The van der Waals surface area contributed by atoms with E-state index in [0.29, 0.717) is 12.5 Å². The lowest BCUT2D eigenvalue weighted by molar-refractivity contribution is 0.121. The fourth-order valence-corrected chi connectivity index (χ4v) is 4.72. The highest BCUT2D eigenvalue weighted by Gasteiger charge is 2.30. The lowest BCUT2D eigenvalue weighted by Gasteiger charge is -2.37. The van der Waals surface area contributed by atoms with Crippen LogP contribution in [0.25, 0.3) is 0 Å². The first kappa shape index (κ1) is 18.6. The van der Waals surface area contributed by atoms with E-state index >= 15 is 0 Å². The van der Waals surface area contributed by atoms with Crippen molar-refractivity contribution >= 4 is 0 Å². The maximum atomic E-state index is 13.6. The molecule has 25 heavy (non-hydrogen) atoms. The molecule has 4 heteroatoms. The summed E-state index contributed by atoms with van der Waals surface area (Å²) in [7, 11) is 0. The topological polar surface area (TPSA) is 9.23 Å². The third-order valence-electron chi connectivity index (χ3n) is 6.50. The van der Waals surface area contributed by atoms with Crippen molar-refractivity contribution in [3.63, 3.8) is 0 Å². The normalized spacial score (nSPS) is 30.2. The van der Waals surface area contributed by atoms with E-state index in [-0.39, 0.29) is 5.75 Å². The van der Waals surface area contributed by atoms with E-state index in [1.807, 2.05) is 0 Å². The fraction of sp³-hybridized carbons (Fsp3) is 0.714. The highest BCUT2D eigenvalue weighted by molar-refractivity contribution is 5.26. The second-order valence-corrected chi connectivity index (χ2v) is 7.95. The van der Waals surface area contributed by atoms with Crippen LogP contribution in [0, 0.1) is 41.1 Å². The van der Waals surface area contributed by atoms with E-state index in [1.54, 1.807) is 0 Å². The molecule has 0 atom stereocenters. The third-order valence-corrected chi connectivity index (χ3v) is 6.50. The van der Waals surface area contributed by atoms with Crippen molar-refractivity contribution in [2.75, 3.05) is 6.61 Å². The van der Waals surface area contributed by atoms with Crippen molar-refractivity contribution in [2.45, 2.75) is 64.7 Å². The smallest absolute Gasteiger partial charge is 0.203 e. The van der Waals surface area contributed by atoms with Gasteiger partial charge in [0.1, 0.15) is 0 Å². The van der Waals surface area contributed by atoms with Crippen molar-refractivity contribution < 1.29 is 17.9 Å². The Morgan fingerprint density at radius 2 is 1.36 bits per heavy atom. The molecular weight excluding hydrogens is 325 g/mol. The zero-order chi connectivity index (χ0) is 17.8. The fourth-order valence-electron chi connectivity index (χ4n) is 4.72. The predicted octanol–water partition coefficient (Wildman–Crippen LogP) is 6.51. The summed E-state index contributed by atoms with van der Waals surface area (Å²) < 4.78 is 45.3. The molecule has 2 saturated carbocycles. The Kier molecular flexibility index (Phi) is 6.29. The first-order chi connectivity index (χ1) is 12.1. The molecule has 0 N–H and O–H groups in total. The molecule has 3 rings (SSSR count). The van der Waals surface area contributed by atoms with E-state index in [2.05, 4.69) is 6.92 Å². The van der Waals surface area contributed by atoms with Crippen molar-refractivity contribution in [1.29, 1.82) is 0 Å². The summed E-state index contributed by atoms with van der Waals surface area (Å²) in [5.41, 5.74) is 0. The largest absolute Gasteiger partial charge is 0.490 e. The Labute approximate surface area is 149 Å². The first-order valence-corrected chi connectivity index (χ1v) is 9.84. The van der Waals surface area contributed by atoms with Gasteiger partial charge in [-0.3, -0.25) is 0 Å². The van der Waals surface area contributed by atoms with Gasteiger partial charge in [-0.2, -0.15) is 4.39 Å². The summed E-state index contributed by atoms with van der Waals surface area (Å²) in [6, 6.07) is 2.09. The van der Waals surface area contributed by atoms with E-state index in [1.165, 1.54) is 51.0 Å². The van der Waals surface area contributed by atoms with Crippen LogP contribution in [-0.2, 0) is 0 Å². The number of ether oxygens (including phenoxy) is 1. The predicted molar refractivity (Wildman–Crippen MR) is 93.0 cm³/mol. The molecule has 0 aliphatic heterocycles. The quantitative estimate of drug-likeness (QED) is 0.548. The maximum Gasteiger partial charge on any atom is 0.203 e. The van der Waals surface area contributed by atoms with E-state index in [0.717, 1.165) is 36.7 Å². The van der Waals surface area contributed by atoms with Crippen LogP contribution in [0.1, 0.15) is 64.7 Å². The standard InChI is InChI=1S/C21H29F3O/c1-2-14-3-7-16(8-4-14)17-9-5-15(6-10-17)13-25-19-12-11-18(22)20(23)21(19)24/h11-12,14-17H,2-10,13H2,1H3/t14-,15-,16-,17-. The van der Waals surface area contributed by atoms with Gasteiger partial charge in [0.25, 0.3) is 0 Å². The number of hydrogen-bond donors (Lipinski definition) is 0. The molecule has 140 valence electrons. The average Bonchev–Trinajstić information content (AvgIpc) is 2.66. The maximum absolute atomic E-state index is 13.6. The molecule has 1 nitrogen and oxygen atoms in total. The van der Waals surface area contributed by atoms with Gasteiger partial charge in [0.2, 0.25) is 5.82 Å². The molecule has 2 fully saturated rings. The molecule has 0 heterocycles. The minimum Gasteiger partial charge on any atom is -0.490 e. The Hall–Kier alpha value is -1.19. The van der Waals surface area contributed by atoms with Crippen LogP contribution in [0.3, 0.4) is 0 Å². The molecule has 0 amide bonds. The Morgan fingerprint density at radius 3 is 1.92 bits per heavy atom. The number of halogens is 3. The average molecular weight is 354 g/mol. The van der Waals surface area contributed by atoms with Crippen molar-refractivity contribution in [3.8, 4) is 5.75 Å². The molecule has 0 saturated heterocycles. The van der Waals surface area contributed by atoms with Gasteiger partial charge < -0.3 is 4.74 Å². The summed E-state index contributed by atoms with van der Waals surface area (Å²) in [5, 5.41) is 0. The van der Waals surface area contributed by atoms with Gasteiger partial charge in [0, 0.05) is 0 Å². The van der Waals surface area contributed by atoms with Crippen LogP contribution in [0.15, 0.2) is 12.1 Å². The van der Waals surface area contributed by atoms with Crippen LogP contribution < -0.4 is 4.74 Å². The van der Waals surface area contributed by atoms with Crippen molar-refractivity contribution in [3.05, 3.63) is 29.6 Å². The SMILES string of the molecule is CC[C@H]1CC[C@H]([C@H]2CC[C@H](COc3ccc(F)c(F)c3F)CC2)CC1. The van der Waals surface area contributed by atoms with Gasteiger partial charge in [-0.05, 0) is 74.3 Å². The van der Waals surface area contributed by atoms with E-state index < -0.39 is 17.5 Å². The van der Waals surface area contributed by atoms with Crippen molar-refractivity contribution in [1.82, 2.24) is 0 Å². The molecule has 1 aromatic carbocycles. The molecule has 2 aliphatic rings. The van der Waals surface area contributed by atoms with Gasteiger partial charge in [-0.15, -0.1) is 0 Å². The van der Waals surface area contributed by atoms with Gasteiger partial charge in [0.05, 0.1) is 6.61 Å². The van der Waals surface area contributed by atoms with Crippen LogP contribution in [0.2, 0.25) is 0 Å². The highest BCUT2D eigenvalue weighted by Crippen LogP contribution is 2.42. The zero-order valence-electron chi connectivity index (χ0n) is 15.1.